The lowest BCUT2D eigenvalue weighted by Crippen LogP contribution is -2.53. The fourth-order valence-corrected chi connectivity index (χ4v) is 3.74. The summed E-state index contributed by atoms with van der Waals surface area (Å²) in [6.45, 7) is 3.62. The minimum Gasteiger partial charge on any atom is -0.439 e. The van der Waals surface area contributed by atoms with Crippen molar-refractivity contribution in [3.63, 3.8) is 0 Å². The molecule has 7 nitrogen and oxygen atoms in total. The monoisotopic (exact) mass is 414 g/mol. The lowest BCUT2D eigenvalue weighted by atomic mass is 10.1. The molecule has 0 amide bonds. The van der Waals surface area contributed by atoms with Gasteiger partial charge in [0.2, 0.25) is 5.88 Å². The molecule has 0 aliphatic carbocycles. The summed E-state index contributed by atoms with van der Waals surface area (Å²) in [5.41, 5.74) is 1.01. The molecular weight excluding hydrogens is 387 g/mol. The Kier molecular flexibility index (Phi) is 6.76. The van der Waals surface area contributed by atoms with E-state index in [1.807, 2.05) is 12.1 Å². The third-order valence-corrected chi connectivity index (χ3v) is 5.27. The van der Waals surface area contributed by atoms with Gasteiger partial charge in [-0.1, -0.05) is 0 Å². The van der Waals surface area contributed by atoms with Gasteiger partial charge < -0.3 is 24.4 Å². The molecule has 3 heterocycles. The van der Waals surface area contributed by atoms with E-state index in [4.69, 9.17) is 14.2 Å². The minimum absolute atomic E-state index is 0.0800. The Balaban J connectivity index is 1.34. The van der Waals surface area contributed by atoms with E-state index >= 15 is 0 Å². The Morgan fingerprint density at radius 3 is 2.83 bits per heavy atom. The lowest BCUT2D eigenvalue weighted by molar-refractivity contribution is -0.0817. The maximum absolute atomic E-state index is 13.1. The molecule has 2 unspecified atom stereocenters. The van der Waals surface area contributed by atoms with Crippen LogP contribution in [0, 0.1) is 5.82 Å². The quantitative estimate of drug-likeness (QED) is 0.599. The standard InChI is InChI=1S/C22H27FN4O3/c1-24-22(27-10-12-29-20(15-27)19-3-2-11-28-19)26-14-16-8-9-25-21(13-16)30-18-6-4-17(23)5-7-18/h4-9,13,19-20H,2-3,10-12,14-15H2,1H3,(H,24,26). The molecule has 2 saturated heterocycles. The number of ether oxygens (including phenoxy) is 3. The third-order valence-electron chi connectivity index (χ3n) is 5.27. The average Bonchev–Trinajstić information content (AvgIpc) is 3.31. The van der Waals surface area contributed by atoms with Crippen LogP contribution in [0.4, 0.5) is 4.39 Å². The molecule has 2 aromatic rings. The van der Waals surface area contributed by atoms with E-state index in [2.05, 4.69) is 20.2 Å². The highest BCUT2D eigenvalue weighted by Gasteiger charge is 2.32. The lowest BCUT2D eigenvalue weighted by Gasteiger charge is -2.37. The molecule has 0 radical (unpaired) electrons. The number of benzene rings is 1. The predicted molar refractivity (Wildman–Crippen MR) is 111 cm³/mol. The van der Waals surface area contributed by atoms with Crippen LogP contribution in [0.5, 0.6) is 11.6 Å². The number of halogens is 1. The van der Waals surface area contributed by atoms with Crippen LogP contribution in [0.2, 0.25) is 0 Å². The van der Waals surface area contributed by atoms with Crippen LogP contribution in [0.3, 0.4) is 0 Å². The Hall–Kier alpha value is -2.71. The number of nitrogens with one attached hydrogen (secondary N) is 1. The van der Waals surface area contributed by atoms with Crippen molar-refractivity contribution in [2.75, 3.05) is 33.4 Å². The maximum Gasteiger partial charge on any atom is 0.219 e. The van der Waals surface area contributed by atoms with Gasteiger partial charge in [-0.05, 0) is 48.7 Å². The summed E-state index contributed by atoms with van der Waals surface area (Å²) in [7, 11) is 1.79. The molecular formula is C22H27FN4O3. The number of rotatable bonds is 5. The van der Waals surface area contributed by atoms with E-state index in [1.165, 1.54) is 12.1 Å². The normalized spacial score (nSPS) is 22.2. The summed E-state index contributed by atoms with van der Waals surface area (Å²) >= 11 is 0. The van der Waals surface area contributed by atoms with Crippen molar-refractivity contribution in [3.8, 4) is 11.6 Å². The van der Waals surface area contributed by atoms with Crippen LogP contribution in [-0.4, -0.2) is 61.4 Å². The average molecular weight is 414 g/mol. The van der Waals surface area contributed by atoms with Gasteiger partial charge in [0.1, 0.15) is 17.7 Å². The van der Waals surface area contributed by atoms with E-state index in [0.29, 0.717) is 24.8 Å². The van der Waals surface area contributed by atoms with Gasteiger partial charge in [0.25, 0.3) is 0 Å². The topological polar surface area (TPSA) is 68.2 Å². The number of hydrogen-bond acceptors (Lipinski definition) is 5. The Labute approximate surface area is 175 Å². The first-order valence-electron chi connectivity index (χ1n) is 10.3. The molecule has 2 aliphatic heterocycles. The number of aliphatic imine (C=N–C) groups is 1. The van der Waals surface area contributed by atoms with Crippen molar-refractivity contribution in [2.24, 2.45) is 4.99 Å². The molecule has 8 heteroatoms. The highest BCUT2D eigenvalue weighted by Crippen LogP contribution is 2.22. The van der Waals surface area contributed by atoms with Crippen molar-refractivity contribution < 1.29 is 18.6 Å². The highest BCUT2D eigenvalue weighted by molar-refractivity contribution is 5.80. The summed E-state index contributed by atoms with van der Waals surface area (Å²) in [4.78, 5) is 10.9. The first kappa shape index (κ1) is 20.6. The Morgan fingerprint density at radius 1 is 1.23 bits per heavy atom. The van der Waals surface area contributed by atoms with Gasteiger partial charge in [0.15, 0.2) is 5.96 Å². The fraction of sp³-hybridized carbons (Fsp3) is 0.455. The number of nitrogens with zero attached hydrogens (tertiary/aromatic N) is 3. The van der Waals surface area contributed by atoms with Gasteiger partial charge in [-0.2, -0.15) is 0 Å². The first-order chi connectivity index (χ1) is 14.7. The van der Waals surface area contributed by atoms with Crippen LogP contribution in [-0.2, 0) is 16.0 Å². The molecule has 1 aromatic carbocycles. The third kappa shape index (κ3) is 5.25. The molecule has 1 N–H and O–H groups in total. The van der Waals surface area contributed by atoms with E-state index in [-0.39, 0.29) is 18.0 Å². The molecule has 0 saturated carbocycles. The second kappa shape index (κ2) is 9.86. The SMILES string of the molecule is CN=C(NCc1ccnc(Oc2ccc(F)cc2)c1)N1CCOC(C2CCCO2)C1. The van der Waals surface area contributed by atoms with Gasteiger partial charge in [0.05, 0.1) is 12.7 Å². The van der Waals surface area contributed by atoms with Crippen molar-refractivity contribution in [1.29, 1.82) is 0 Å². The van der Waals surface area contributed by atoms with Crippen molar-refractivity contribution in [3.05, 3.63) is 54.0 Å². The number of guanidine groups is 1. The second-order valence-electron chi connectivity index (χ2n) is 7.37. The van der Waals surface area contributed by atoms with Crippen molar-refractivity contribution >= 4 is 5.96 Å². The van der Waals surface area contributed by atoms with Crippen LogP contribution in [0.25, 0.3) is 0 Å². The van der Waals surface area contributed by atoms with Crippen molar-refractivity contribution in [2.45, 2.75) is 31.6 Å². The number of pyridine rings is 1. The largest absolute Gasteiger partial charge is 0.439 e. The number of morpholine rings is 1. The molecule has 2 fully saturated rings. The Bertz CT molecular complexity index is 856. The zero-order valence-electron chi connectivity index (χ0n) is 17.1. The molecule has 0 bridgehead atoms. The van der Waals surface area contributed by atoms with Crippen LogP contribution < -0.4 is 10.1 Å². The fourth-order valence-electron chi connectivity index (χ4n) is 3.74. The highest BCUT2D eigenvalue weighted by atomic mass is 19.1. The van der Waals surface area contributed by atoms with E-state index < -0.39 is 0 Å². The number of aromatic nitrogens is 1. The second-order valence-corrected chi connectivity index (χ2v) is 7.37. The van der Waals surface area contributed by atoms with Gasteiger partial charge in [-0.25, -0.2) is 9.37 Å². The zero-order chi connectivity index (χ0) is 20.8. The molecule has 1 aromatic heterocycles. The van der Waals surface area contributed by atoms with E-state index in [0.717, 1.165) is 44.1 Å². The summed E-state index contributed by atoms with van der Waals surface area (Å²) in [6, 6.07) is 9.65. The summed E-state index contributed by atoms with van der Waals surface area (Å²) in [5.74, 6) is 1.53. The maximum atomic E-state index is 13.1. The summed E-state index contributed by atoms with van der Waals surface area (Å²) in [6.07, 6.45) is 4.11. The summed E-state index contributed by atoms with van der Waals surface area (Å²) in [5, 5.41) is 3.41. The molecule has 30 heavy (non-hydrogen) atoms. The van der Waals surface area contributed by atoms with E-state index in [9.17, 15) is 4.39 Å². The molecule has 4 rings (SSSR count). The van der Waals surface area contributed by atoms with Crippen LogP contribution in [0.1, 0.15) is 18.4 Å². The van der Waals surface area contributed by atoms with Crippen LogP contribution >= 0.6 is 0 Å². The Morgan fingerprint density at radius 2 is 2.07 bits per heavy atom. The van der Waals surface area contributed by atoms with Gasteiger partial charge >= 0.3 is 0 Å². The van der Waals surface area contributed by atoms with E-state index in [1.54, 1.807) is 25.4 Å². The predicted octanol–water partition coefficient (Wildman–Crippen LogP) is 2.97. The number of hydrogen-bond donors (Lipinski definition) is 1. The minimum atomic E-state index is -0.301. The van der Waals surface area contributed by atoms with Gasteiger partial charge in [-0.15, -0.1) is 0 Å². The molecule has 2 aliphatic rings. The van der Waals surface area contributed by atoms with Crippen molar-refractivity contribution in [1.82, 2.24) is 15.2 Å². The molecule has 2 atom stereocenters. The first-order valence-corrected chi connectivity index (χ1v) is 10.3. The smallest absolute Gasteiger partial charge is 0.219 e. The zero-order valence-corrected chi connectivity index (χ0v) is 17.1. The van der Waals surface area contributed by atoms with Gasteiger partial charge in [0, 0.05) is 45.6 Å². The molecule has 160 valence electrons. The molecule has 0 spiro atoms. The van der Waals surface area contributed by atoms with Gasteiger partial charge in [-0.3, -0.25) is 4.99 Å². The summed E-state index contributed by atoms with van der Waals surface area (Å²) < 4.78 is 30.5. The van der Waals surface area contributed by atoms with Crippen LogP contribution in [0.15, 0.2) is 47.6 Å².